The van der Waals surface area contributed by atoms with E-state index >= 15 is 0 Å². The molecule has 0 aliphatic heterocycles. The number of benzene rings is 1. The van der Waals surface area contributed by atoms with Crippen molar-refractivity contribution in [1.29, 1.82) is 0 Å². The lowest BCUT2D eigenvalue weighted by atomic mass is 9.93. The van der Waals surface area contributed by atoms with E-state index in [2.05, 4.69) is 10.6 Å². The Balaban J connectivity index is 3.52. The Bertz CT molecular complexity index is 853. The van der Waals surface area contributed by atoms with Gasteiger partial charge in [0, 0.05) is 11.6 Å². The fourth-order valence-corrected chi connectivity index (χ4v) is 3.84. The third-order valence-corrected chi connectivity index (χ3v) is 5.39. The van der Waals surface area contributed by atoms with E-state index in [1.807, 2.05) is 48.5 Å². The highest BCUT2D eigenvalue weighted by atomic mass is 16.6. The number of phenols is 1. The van der Waals surface area contributed by atoms with Crippen LogP contribution in [0.4, 0.5) is 4.79 Å². The standard InChI is InChI=1S/C27H45N3O5/c1-11-12-18(4)28-23(32)22(19-13-15-20(31)16-14-19)30(26(5,6)7)24(33)21(17(2)3)29-25(34)35-27(8,9)10/h13-18,21-22,31H,11-12H2,1-10H3,(H,28,32)(H,29,34). The Morgan fingerprint density at radius 2 is 1.51 bits per heavy atom. The molecule has 0 fully saturated rings. The molecule has 8 nitrogen and oxygen atoms in total. The Hall–Kier alpha value is -2.77. The van der Waals surface area contributed by atoms with Crippen LogP contribution in [-0.4, -0.2) is 51.1 Å². The molecule has 3 atom stereocenters. The zero-order valence-corrected chi connectivity index (χ0v) is 23.1. The number of nitrogens with zero attached hydrogens (tertiary/aromatic N) is 1. The maximum atomic E-state index is 14.1. The normalized spacial score (nSPS) is 14.6. The van der Waals surface area contributed by atoms with Crippen LogP contribution in [0, 0.1) is 5.92 Å². The fraction of sp³-hybridized carbons (Fsp3) is 0.667. The summed E-state index contributed by atoms with van der Waals surface area (Å²) in [6.07, 6.45) is 1.01. The highest BCUT2D eigenvalue weighted by Crippen LogP contribution is 2.32. The first kappa shape index (κ1) is 30.3. The first-order valence-electron chi connectivity index (χ1n) is 12.4. The fourth-order valence-electron chi connectivity index (χ4n) is 3.84. The van der Waals surface area contributed by atoms with Crippen molar-refractivity contribution >= 4 is 17.9 Å². The smallest absolute Gasteiger partial charge is 0.408 e. The van der Waals surface area contributed by atoms with Gasteiger partial charge in [-0.15, -0.1) is 0 Å². The third kappa shape index (κ3) is 9.42. The molecule has 0 aliphatic rings. The minimum absolute atomic E-state index is 0.0625. The molecule has 3 unspecified atom stereocenters. The van der Waals surface area contributed by atoms with Gasteiger partial charge in [0.25, 0.3) is 0 Å². The van der Waals surface area contributed by atoms with Crippen LogP contribution in [0.15, 0.2) is 24.3 Å². The van der Waals surface area contributed by atoms with Crippen LogP contribution in [-0.2, 0) is 14.3 Å². The summed E-state index contributed by atoms with van der Waals surface area (Å²) in [6, 6.07) is 4.31. The minimum atomic E-state index is -0.968. The molecular weight excluding hydrogens is 446 g/mol. The highest BCUT2D eigenvalue weighted by molar-refractivity contribution is 5.93. The number of amides is 3. The molecule has 0 bridgehead atoms. The summed E-state index contributed by atoms with van der Waals surface area (Å²) in [5, 5.41) is 15.6. The number of carbonyl (C=O) groups is 3. The number of carbonyl (C=O) groups excluding carboxylic acids is 3. The number of phenolic OH excluding ortho intramolecular Hbond substituents is 1. The lowest BCUT2D eigenvalue weighted by Crippen LogP contribution is -2.60. The van der Waals surface area contributed by atoms with Crippen molar-refractivity contribution < 1.29 is 24.2 Å². The molecule has 3 N–H and O–H groups in total. The first-order chi connectivity index (χ1) is 16.0. The zero-order chi connectivity index (χ0) is 27.1. The highest BCUT2D eigenvalue weighted by Gasteiger charge is 2.42. The average molecular weight is 492 g/mol. The van der Waals surface area contributed by atoms with E-state index in [-0.39, 0.29) is 23.6 Å². The molecule has 0 aliphatic carbocycles. The first-order valence-corrected chi connectivity index (χ1v) is 12.4. The van der Waals surface area contributed by atoms with Gasteiger partial charge in [0.2, 0.25) is 11.8 Å². The molecular formula is C27H45N3O5. The van der Waals surface area contributed by atoms with Gasteiger partial charge in [-0.25, -0.2) is 4.79 Å². The quantitative estimate of drug-likeness (QED) is 0.455. The largest absolute Gasteiger partial charge is 0.508 e. The number of ether oxygens (including phenoxy) is 1. The van der Waals surface area contributed by atoms with Gasteiger partial charge < -0.3 is 25.4 Å². The lowest BCUT2D eigenvalue weighted by molar-refractivity contribution is -0.149. The molecule has 3 amide bonds. The van der Waals surface area contributed by atoms with Gasteiger partial charge in [0.15, 0.2) is 0 Å². The van der Waals surface area contributed by atoms with Crippen LogP contribution in [0.25, 0.3) is 0 Å². The second kappa shape index (κ2) is 12.3. The van der Waals surface area contributed by atoms with E-state index in [4.69, 9.17) is 4.74 Å². The van der Waals surface area contributed by atoms with E-state index in [0.717, 1.165) is 12.8 Å². The molecule has 0 spiro atoms. The Labute approximate surface area is 210 Å². The molecule has 0 saturated carbocycles. The van der Waals surface area contributed by atoms with Gasteiger partial charge in [0.1, 0.15) is 23.4 Å². The molecule has 198 valence electrons. The molecule has 0 aromatic heterocycles. The van der Waals surface area contributed by atoms with E-state index in [0.29, 0.717) is 5.56 Å². The number of hydrogen-bond donors (Lipinski definition) is 3. The van der Waals surface area contributed by atoms with Crippen LogP contribution in [0.5, 0.6) is 5.75 Å². The summed E-state index contributed by atoms with van der Waals surface area (Å²) in [7, 11) is 0. The summed E-state index contributed by atoms with van der Waals surface area (Å²) in [5.74, 6) is -0.913. The van der Waals surface area contributed by atoms with Crippen molar-refractivity contribution in [2.45, 2.75) is 111 Å². The number of rotatable bonds is 9. The number of hydrogen-bond acceptors (Lipinski definition) is 5. The number of alkyl carbamates (subject to hydrolysis) is 1. The van der Waals surface area contributed by atoms with Crippen LogP contribution in [0.2, 0.25) is 0 Å². The second-order valence-corrected chi connectivity index (χ2v) is 11.4. The number of aromatic hydroxyl groups is 1. The molecule has 1 aromatic rings. The van der Waals surface area contributed by atoms with E-state index < -0.39 is 35.2 Å². The van der Waals surface area contributed by atoms with Crippen molar-refractivity contribution in [3.8, 4) is 5.75 Å². The van der Waals surface area contributed by atoms with Crippen molar-refractivity contribution in [2.75, 3.05) is 0 Å². The zero-order valence-electron chi connectivity index (χ0n) is 23.1. The van der Waals surface area contributed by atoms with Crippen molar-refractivity contribution in [3.63, 3.8) is 0 Å². The van der Waals surface area contributed by atoms with Crippen molar-refractivity contribution in [3.05, 3.63) is 29.8 Å². The molecule has 8 heteroatoms. The average Bonchev–Trinajstić information content (AvgIpc) is 2.68. The Kier molecular flexibility index (Phi) is 10.6. The summed E-state index contributed by atoms with van der Waals surface area (Å²) in [4.78, 5) is 41.8. The predicted molar refractivity (Wildman–Crippen MR) is 138 cm³/mol. The summed E-state index contributed by atoms with van der Waals surface area (Å²) in [5.41, 5.74) is -0.928. The molecule has 1 rings (SSSR count). The second-order valence-electron chi connectivity index (χ2n) is 11.4. The third-order valence-electron chi connectivity index (χ3n) is 5.39. The summed E-state index contributed by atoms with van der Waals surface area (Å²) < 4.78 is 5.39. The van der Waals surface area contributed by atoms with Crippen molar-refractivity contribution in [2.24, 2.45) is 5.92 Å². The van der Waals surface area contributed by atoms with E-state index in [9.17, 15) is 19.5 Å². The van der Waals surface area contributed by atoms with Gasteiger partial charge in [-0.2, -0.15) is 0 Å². The van der Waals surface area contributed by atoms with Crippen LogP contribution >= 0.6 is 0 Å². The van der Waals surface area contributed by atoms with Gasteiger partial charge in [-0.1, -0.05) is 39.3 Å². The molecule has 1 aromatic carbocycles. The van der Waals surface area contributed by atoms with Crippen LogP contribution < -0.4 is 10.6 Å². The molecule has 0 heterocycles. The Morgan fingerprint density at radius 1 is 0.971 bits per heavy atom. The van der Waals surface area contributed by atoms with Gasteiger partial charge >= 0.3 is 6.09 Å². The van der Waals surface area contributed by atoms with Crippen LogP contribution in [0.1, 0.15) is 93.7 Å². The van der Waals surface area contributed by atoms with Gasteiger partial charge in [-0.05, 0) is 78.5 Å². The van der Waals surface area contributed by atoms with Gasteiger partial charge in [0.05, 0.1) is 0 Å². The lowest BCUT2D eigenvalue weighted by Gasteiger charge is -2.44. The molecule has 0 radical (unpaired) electrons. The van der Waals surface area contributed by atoms with E-state index in [1.54, 1.807) is 32.9 Å². The van der Waals surface area contributed by atoms with E-state index in [1.165, 1.54) is 17.0 Å². The minimum Gasteiger partial charge on any atom is -0.508 e. The van der Waals surface area contributed by atoms with Gasteiger partial charge in [-0.3, -0.25) is 9.59 Å². The Morgan fingerprint density at radius 3 is 1.94 bits per heavy atom. The SMILES string of the molecule is CCCC(C)NC(=O)C(c1ccc(O)cc1)N(C(=O)C(NC(=O)OC(C)(C)C)C(C)C)C(C)(C)C. The maximum absolute atomic E-state index is 14.1. The van der Waals surface area contributed by atoms with Crippen LogP contribution in [0.3, 0.4) is 0 Å². The predicted octanol–water partition coefficient (Wildman–Crippen LogP) is 4.91. The summed E-state index contributed by atoms with van der Waals surface area (Å²) >= 11 is 0. The topological polar surface area (TPSA) is 108 Å². The maximum Gasteiger partial charge on any atom is 0.408 e. The van der Waals surface area contributed by atoms with Crippen molar-refractivity contribution in [1.82, 2.24) is 15.5 Å². The molecule has 35 heavy (non-hydrogen) atoms. The monoisotopic (exact) mass is 491 g/mol. The number of nitrogens with one attached hydrogen (secondary N) is 2. The summed E-state index contributed by atoms with van der Waals surface area (Å²) in [6.45, 7) is 18.5. The molecule has 0 saturated heterocycles.